The van der Waals surface area contributed by atoms with Crippen molar-refractivity contribution >= 4 is 34.0 Å². The molecule has 1 aromatic rings. The topological polar surface area (TPSA) is 191 Å². The van der Waals surface area contributed by atoms with Crippen LogP contribution in [0.3, 0.4) is 0 Å². The van der Waals surface area contributed by atoms with E-state index in [1.807, 2.05) is 0 Å². The van der Waals surface area contributed by atoms with Crippen molar-refractivity contribution in [3.05, 3.63) is 29.8 Å². The summed E-state index contributed by atoms with van der Waals surface area (Å²) in [6.07, 6.45) is 0. The lowest BCUT2D eigenvalue weighted by Crippen LogP contribution is -2.49. The predicted octanol–water partition coefficient (Wildman–Crippen LogP) is 0.692. The summed E-state index contributed by atoms with van der Waals surface area (Å²) < 4.78 is 26.4. The van der Waals surface area contributed by atoms with E-state index in [-0.39, 0.29) is 17.4 Å². The molecule has 0 fully saturated rings. The van der Waals surface area contributed by atoms with Crippen LogP contribution in [0.1, 0.15) is 33.3 Å². The molecular formula is C19H28N4O8S. The number of urea groups is 2. The van der Waals surface area contributed by atoms with Crippen LogP contribution >= 0.6 is 0 Å². The van der Waals surface area contributed by atoms with E-state index in [1.165, 1.54) is 24.3 Å². The number of aliphatic carboxylic acids is 2. The smallest absolute Gasteiger partial charge is 0.329 e. The molecule has 0 radical (unpaired) electrons. The number of sulfonamides is 1. The molecule has 0 bridgehead atoms. The van der Waals surface area contributed by atoms with Gasteiger partial charge in [0.15, 0.2) is 0 Å². The summed E-state index contributed by atoms with van der Waals surface area (Å²) in [5.74, 6) is -3.24. The minimum atomic E-state index is -4.26. The first kappa shape index (κ1) is 26.7. The SMILES string of the molecule is CC(C)[C@@H](NC(=O)NCc1ccc(S(=O)(=O)NC(=O)N[C@@H](C(=O)O)C(C)C)cc1)C(=O)O. The van der Waals surface area contributed by atoms with Gasteiger partial charge in [0.25, 0.3) is 10.0 Å². The van der Waals surface area contributed by atoms with Crippen molar-refractivity contribution in [1.29, 1.82) is 0 Å². The number of carboxylic acids is 2. The van der Waals surface area contributed by atoms with E-state index in [2.05, 4.69) is 16.0 Å². The Bertz CT molecular complexity index is 945. The molecule has 0 saturated heterocycles. The fourth-order valence-electron chi connectivity index (χ4n) is 2.54. The molecule has 0 aliphatic heterocycles. The van der Waals surface area contributed by atoms with Crippen molar-refractivity contribution < 1.29 is 37.8 Å². The third-order valence-electron chi connectivity index (χ3n) is 4.35. The summed E-state index contributed by atoms with van der Waals surface area (Å²) in [6, 6.07) is 1.02. The van der Waals surface area contributed by atoms with Gasteiger partial charge >= 0.3 is 24.0 Å². The monoisotopic (exact) mass is 472 g/mol. The first-order valence-electron chi connectivity index (χ1n) is 9.66. The standard InChI is InChI=1S/C19H28N4O8S/c1-10(2)14(16(24)25)21-18(28)20-9-12-5-7-13(8-6-12)32(30,31)23-19(29)22-15(11(3)4)17(26)27/h5-8,10-11,14-15H,9H2,1-4H3,(H,24,25)(H,26,27)(H2,20,21,28)(H2,22,23,29)/t14-,15-/m1/s1. The van der Waals surface area contributed by atoms with Gasteiger partial charge in [-0.1, -0.05) is 39.8 Å². The van der Waals surface area contributed by atoms with Gasteiger partial charge in [0.05, 0.1) is 4.90 Å². The fourth-order valence-corrected chi connectivity index (χ4v) is 3.46. The van der Waals surface area contributed by atoms with E-state index in [0.717, 1.165) is 0 Å². The lowest BCUT2D eigenvalue weighted by molar-refractivity contribution is -0.141. The van der Waals surface area contributed by atoms with Gasteiger partial charge in [0.2, 0.25) is 0 Å². The predicted molar refractivity (Wildman–Crippen MR) is 113 cm³/mol. The van der Waals surface area contributed by atoms with E-state index in [9.17, 15) is 27.6 Å². The number of rotatable bonds is 10. The fraction of sp³-hybridized carbons (Fsp3) is 0.474. The van der Waals surface area contributed by atoms with Gasteiger partial charge in [0.1, 0.15) is 12.1 Å². The van der Waals surface area contributed by atoms with Crippen LogP contribution in [0.25, 0.3) is 0 Å². The van der Waals surface area contributed by atoms with Crippen LogP contribution in [0.4, 0.5) is 9.59 Å². The number of carbonyl (C=O) groups excluding carboxylic acids is 2. The molecular weight excluding hydrogens is 444 g/mol. The maximum Gasteiger partial charge on any atom is 0.329 e. The van der Waals surface area contributed by atoms with Crippen LogP contribution in [0.15, 0.2) is 29.2 Å². The zero-order valence-corrected chi connectivity index (χ0v) is 18.9. The van der Waals surface area contributed by atoms with E-state index < -0.39 is 52.0 Å². The summed E-state index contributed by atoms with van der Waals surface area (Å²) in [6.45, 7) is 6.42. The average Bonchev–Trinajstić information content (AvgIpc) is 2.67. The van der Waals surface area contributed by atoms with Crippen molar-refractivity contribution in [2.24, 2.45) is 11.8 Å². The quantitative estimate of drug-likeness (QED) is 0.286. The molecule has 13 heteroatoms. The molecule has 178 valence electrons. The molecule has 0 saturated carbocycles. The summed E-state index contributed by atoms with van der Waals surface area (Å²) in [7, 11) is -4.26. The summed E-state index contributed by atoms with van der Waals surface area (Å²) in [4.78, 5) is 45.8. The number of benzene rings is 1. The molecule has 1 aromatic carbocycles. The first-order chi connectivity index (χ1) is 14.7. The average molecular weight is 473 g/mol. The van der Waals surface area contributed by atoms with Gasteiger partial charge in [0, 0.05) is 6.54 Å². The van der Waals surface area contributed by atoms with Gasteiger partial charge in [-0.2, -0.15) is 0 Å². The Morgan fingerprint density at radius 2 is 1.25 bits per heavy atom. The zero-order valence-electron chi connectivity index (χ0n) is 18.1. The highest BCUT2D eigenvalue weighted by Crippen LogP contribution is 2.11. The van der Waals surface area contributed by atoms with Gasteiger partial charge < -0.3 is 26.2 Å². The Morgan fingerprint density at radius 3 is 1.66 bits per heavy atom. The van der Waals surface area contributed by atoms with Crippen molar-refractivity contribution in [2.75, 3.05) is 0 Å². The number of amides is 4. The summed E-state index contributed by atoms with van der Waals surface area (Å²) in [5, 5.41) is 25.1. The second kappa shape index (κ2) is 11.3. The molecule has 0 spiro atoms. The third kappa shape index (κ3) is 8.06. The minimum absolute atomic E-state index is 0.000804. The van der Waals surface area contributed by atoms with Gasteiger partial charge in [-0.25, -0.2) is 32.3 Å². The normalized spacial score (nSPS) is 13.2. The second-order valence-corrected chi connectivity index (χ2v) is 9.35. The Morgan fingerprint density at radius 1 is 0.812 bits per heavy atom. The Hall–Kier alpha value is -3.35. The number of carbonyl (C=O) groups is 4. The molecule has 0 heterocycles. The molecule has 32 heavy (non-hydrogen) atoms. The molecule has 1 rings (SSSR count). The van der Waals surface area contributed by atoms with Gasteiger partial charge in [-0.05, 0) is 29.5 Å². The van der Waals surface area contributed by atoms with Crippen LogP contribution in [-0.2, 0) is 26.2 Å². The summed E-state index contributed by atoms with van der Waals surface area (Å²) in [5.41, 5.74) is 0.519. The van der Waals surface area contributed by atoms with Crippen molar-refractivity contribution in [1.82, 2.24) is 20.7 Å². The van der Waals surface area contributed by atoms with Crippen molar-refractivity contribution in [3.63, 3.8) is 0 Å². The van der Waals surface area contributed by atoms with Crippen molar-refractivity contribution in [2.45, 2.75) is 51.2 Å². The molecule has 4 amide bonds. The minimum Gasteiger partial charge on any atom is -0.480 e. The molecule has 0 aromatic heterocycles. The molecule has 0 aliphatic carbocycles. The maximum absolute atomic E-state index is 12.3. The van der Waals surface area contributed by atoms with Crippen molar-refractivity contribution in [3.8, 4) is 0 Å². The molecule has 6 N–H and O–H groups in total. The third-order valence-corrected chi connectivity index (χ3v) is 5.70. The number of hydrogen-bond donors (Lipinski definition) is 6. The first-order valence-corrected chi connectivity index (χ1v) is 11.1. The number of carboxylic acid groups (broad SMARTS) is 2. The van der Waals surface area contributed by atoms with Crippen LogP contribution < -0.4 is 20.7 Å². The highest BCUT2D eigenvalue weighted by molar-refractivity contribution is 7.90. The Kier molecular flexibility index (Phi) is 9.44. The molecule has 2 atom stereocenters. The van der Waals surface area contributed by atoms with E-state index in [0.29, 0.717) is 5.56 Å². The summed E-state index contributed by atoms with van der Waals surface area (Å²) >= 11 is 0. The maximum atomic E-state index is 12.3. The van der Waals surface area contributed by atoms with Crippen LogP contribution in [0.2, 0.25) is 0 Å². The van der Waals surface area contributed by atoms with E-state index in [1.54, 1.807) is 32.4 Å². The zero-order chi connectivity index (χ0) is 24.6. The largest absolute Gasteiger partial charge is 0.480 e. The molecule has 12 nitrogen and oxygen atoms in total. The Labute approximate surface area is 185 Å². The van der Waals surface area contributed by atoms with Gasteiger partial charge in [-0.15, -0.1) is 0 Å². The lowest BCUT2D eigenvalue weighted by atomic mass is 10.1. The number of nitrogens with one attached hydrogen (secondary N) is 4. The van der Waals surface area contributed by atoms with Crippen LogP contribution in [-0.4, -0.2) is 54.7 Å². The van der Waals surface area contributed by atoms with E-state index in [4.69, 9.17) is 10.2 Å². The molecule has 0 unspecified atom stereocenters. The number of hydrogen-bond acceptors (Lipinski definition) is 6. The Balaban J connectivity index is 2.72. The highest BCUT2D eigenvalue weighted by atomic mass is 32.2. The van der Waals surface area contributed by atoms with Crippen LogP contribution in [0, 0.1) is 11.8 Å². The second-order valence-electron chi connectivity index (χ2n) is 7.67. The lowest BCUT2D eigenvalue weighted by Gasteiger charge is -2.18. The highest BCUT2D eigenvalue weighted by Gasteiger charge is 2.26. The molecule has 0 aliphatic rings. The van der Waals surface area contributed by atoms with E-state index >= 15 is 0 Å². The van der Waals surface area contributed by atoms with Gasteiger partial charge in [-0.3, -0.25) is 0 Å². The van der Waals surface area contributed by atoms with Crippen LogP contribution in [0.5, 0.6) is 0 Å².